The van der Waals surface area contributed by atoms with Gasteiger partial charge in [-0.25, -0.2) is 9.13 Å². The van der Waals surface area contributed by atoms with Gasteiger partial charge < -0.3 is 33.8 Å². The summed E-state index contributed by atoms with van der Waals surface area (Å²) < 4.78 is 68.7. The lowest BCUT2D eigenvalue weighted by molar-refractivity contribution is -0.161. The van der Waals surface area contributed by atoms with Crippen LogP contribution in [0.4, 0.5) is 0 Å². The SMILES string of the molecule is CCCCCCCCCCCCCCCCCCCCC(=O)OC[C@H](COP(=O)(O)OC[C@@H](O)COP(=O)(O)OC[C@@H](COC(=O)CCCCCCCCCC(C)C)OC(=O)CCCCCCCCCCCCC(C)C)OC(=O)CCCCCCCCCCCCCCCCC(C)CC. The van der Waals surface area contributed by atoms with Crippen molar-refractivity contribution in [2.24, 2.45) is 17.8 Å². The average molecular weight is 1450 g/mol. The third-order valence-corrected chi connectivity index (χ3v) is 20.9. The number of phosphoric ester groups is 2. The highest BCUT2D eigenvalue weighted by Crippen LogP contribution is 2.45. The molecule has 19 heteroatoms. The number of ether oxygens (including phenoxy) is 4. The van der Waals surface area contributed by atoms with E-state index in [1.807, 2.05) is 0 Å². The Labute approximate surface area is 607 Å². The lowest BCUT2D eigenvalue weighted by Gasteiger charge is -2.21. The largest absolute Gasteiger partial charge is 0.472 e. The van der Waals surface area contributed by atoms with Crippen LogP contribution in [0.25, 0.3) is 0 Å². The zero-order chi connectivity index (χ0) is 73.0. The van der Waals surface area contributed by atoms with Crippen LogP contribution in [0.5, 0.6) is 0 Å². The smallest absolute Gasteiger partial charge is 0.462 e. The number of carbonyl (C=O) groups is 4. The first-order valence-corrected chi connectivity index (χ1v) is 44.4. The minimum Gasteiger partial charge on any atom is -0.462 e. The van der Waals surface area contributed by atoms with Crippen LogP contribution in [0, 0.1) is 17.8 Å². The maximum absolute atomic E-state index is 13.1. The van der Waals surface area contributed by atoms with E-state index < -0.39 is 97.5 Å². The summed E-state index contributed by atoms with van der Waals surface area (Å²) in [5, 5.41) is 10.6. The molecular formula is C80H156O17P2. The van der Waals surface area contributed by atoms with Gasteiger partial charge in [0.1, 0.15) is 19.3 Å². The van der Waals surface area contributed by atoms with Crippen molar-refractivity contribution in [3.8, 4) is 0 Å². The van der Waals surface area contributed by atoms with Crippen molar-refractivity contribution in [3.05, 3.63) is 0 Å². The fourth-order valence-corrected chi connectivity index (χ4v) is 13.9. The highest BCUT2D eigenvalue weighted by atomic mass is 31.2. The molecule has 0 rings (SSSR count). The van der Waals surface area contributed by atoms with Gasteiger partial charge in [-0.1, -0.05) is 363 Å². The Balaban J connectivity index is 5.24. The fourth-order valence-electron chi connectivity index (χ4n) is 12.3. The van der Waals surface area contributed by atoms with Crippen molar-refractivity contribution in [3.63, 3.8) is 0 Å². The highest BCUT2D eigenvalue weighted by molar-refractivity contribution is 7.47. The molecule has 17 nitrogen and oxygen atoms in total. The minimum atomic E-state index is -4.96. The van der Waals surface area contributed by atoms with Crippen molar-refractivity contribution in [2.45, 2.75) is 433 Å². The standard InChI is InChI=1S/C80H156O17P2/c1-8-10-11-12-13-14-15-16-17-18-19-20-24-27-33-40-47-54-61-77(82)90-67-75(96-79(84)63-56-49-41-34-28-25-22-21-23-26-32-39-46-53-60-73(7)9-2)69-94-98(86,87)92-65-74(81)66-93-99(88,89)95-70-76(68-91-78(83)62-55-48-43-36-38-45-52-59-72(5)6)97-80(85)64-57-50-42-35-30-29-31-37-44-51-58-71(3)4/h71-76,81H,8-70H2,1-7H3,(H,86,87)(H,88,89)/t73?,74-,75-,76-/m1/s1. The Kier molecular flexibility index (Phi) is 69.0. The summed E-state index contributed by atoms with van der Waals surface area (Å²) >= 11 is 0. The van der Waals surface area contributed by atoms with Crippen LogP contribution in [0.3, 0.4) is 0 Å². The van der Waals surface area contributed by atoms with Crippen LogP contribution < -0.4 is 0 Å². The number of aliphatic hydroxyl groups excluding tert-OH is 1. The van der Waals surface area contributed by atoms with Crippen molar-refractivity contribution in [1.82, 2.24) is 0 Å². The van der Waals surface area contributed by atoms with E-state index >= 15 is 0 Å². The van der Waals surface area contributed by atoms with Gasteiger partial charge in [0.05, 0.1) is 26.4 Å². The van der Waals surface area contributed by atoms with E-state index in [1.54, 1.807) is 0 Å². The lowest BCUT2D eigenvalue weighted by atomic mass is 9.99. The molecule has 99 heavy (non-hydrogen) atoms. The maximum Gasteiger partial charge on any atom is 0.472 e. The van der Waals surface area contributed by atoms with Gasteiger partial charge in [0.25, 0.3) is 0 Å². The summed E-state index contributed by atoms with van der Waals surface area (Å²) in [5.74, 6) is 0.189. The van der Waals surface area contributed by atoms with Gasteiger partial charge in [0.2, 0.25) is 0 Å². The van der Waals surface area contributed by atoms with Gasteiger partial charge >= 0.3 is 39.5 Å². The molecule has 0 aliphatic carbocycles. The minimum absolute atomic E-state index is 0.105. The summed E-state index contributed by atoms with van der Waals surface area (Å²) in [4.78, 5) is 73.0. The second-order valence-electron chi connectivity index (χ2n) is 30.0. The molecule has 3 N–H and O–H groups in total. The van der Waals surface area contributed by atoms with E-state index in [0.717, 1.165) is 108 Å². The van der Waals surface area contributed by atoms with Crippen molar-refractivity contribution < 1.29 is 80.2 Å². The number of rotatable bonds is 78. The van der Waals surface area contributed by atoms with Crippen LogP contribution in [0.2, 0.25) is 0 Å². The number of unbranched alkanes of at least 4 members (excludes halogenated alkanes) is 45. The summed E-state index contributed by atoms with van der Waals surface area (Å²) in [6.07, 6.45) is 58.3. The first-order valence-electron chi connectivity index (χ1n) is 41.4. The van der Waals surface area contributed by atoms with Crippen LogP contribution in [0.1, 0.15) is 414 Å². The normalized spacial score (nSPS) is 14.3. The number of hydrogen-bond acceptors (Lipinski definition) is 15. The lowest BCUT2D eigenvalue weighted by Crippen LogP contribution is -2.30. The molecule has 0 aromatic rings. The fraction of sp³-hybridized carbons (Fsp3) is 0.950. The Morgan fingerprint density at radius 3 is 0.768 bits per heavy atom. The molecule has 0 fully saturated rings. The van der Waals surface area contributed by atoms with Gasteiger partial charge in [-0.15, -0.1) is 0 Å². The van der Waals surface area contributed by atoms with E-state index in [2.05, 4.69) is 48.5 Å². The summed E-state index contributed by atoms with van der Waals surface area (Å²) in [6, 6.07) is 0. The summed E-state index contributed by atoms with van der Waals surface area (Å²) in [6.45, 7) is 11.9. The second kappa shape index (κ2) is 70.4. The topological polar surface area (TPSA) is 237 Å². The molecule has 0 bridgehead atoms. The van der Waals surface area contributed by atoms with E-state index in [-0.39, 0.29) is 25.7 Å². The third-order valence-electron chi connectivity index (χ3n) is 19.0. The monoisotopic (exact) mass is 1450 g/mol. The number of carbonyl (C=O) groups excluding carboxylic acids is 4. The van der Waals surface area contributed by atoms with Gasteiger partial charge in [0, 0.05) is 25.7 Å². The Bertz CT molecular complexity index is 1920. The molecule has 0 aromatic carbocycles. The van der Waals surface area contributed by atoms with Crippen LogP contribution in [0.15, 0.2) is 0 Å². The Morgan fingerprint density at radius 1 is 0.293 bits per heavy atom. The molecule has 0 saturated carbocycles. The molecule has 588 valence electrons. The summed E-state index contributed by atoms with van der Waals surface area (Å²) in [7, 11) is -9.92. The predicted molar refractivity (Wildman–Crippen MR) is 405 cm³/mol. The number of hydrogen-bond donors (Lipinski definition) is 3. The highest BCUT2D eigenvalue weighted by Gasteiger charge is 2.30. The zero-order valence-electron chi connectivity index (χ0n) is 65.0. The predicted octanol–water partition coefficient (Wildman–Crippen LogP) is 23.7. The molecule has 0 radical (unpaired) electrons. The van der Waals surface area contributed by atoms with Crippen LogP contribution in [-0.4, -0.2) is 96.7 Å². The Morgan fingerprint density at radius 2 is 0.515 bits per heavy atom. The Hall–Kier alpha value is -1.94. The molecule has 0 aliphatic rings. The first-order chi connectivity index (χ1) is 47.8. The van der Waals surface area contributed by atoms with Crippen molar-refractivity contribution >= 4 is 39.5 Å². The quantitative estimate of drug-likeness (QED) is 0.0222. The molecular weight excluding hydrogens is 1290 g/mol. The molecule has 0 aromatic heterocycles. The maximum atomic E-state index is 13.1. The zero-order valence-corrected chi connectivity index (χ0v) is 66.8. The molecule has 0 saturated heterocycles. The number of aliphatic hydroxyl groups is 1. The van der Waals surface area contributed by atoms with Crippen molar-refractivity contribution in [1.29, 1.82) is 0 Å². The van der Waals surface area contributed by atoms with Crippen LogP contribution >= 0.6 is 15.6 Å². The number of esters is 4. The third kappa shape index (κ3) is 72.8. The molecule has 0 aliphatic heterocycles. The van der Waals surface area contributed by atoms with Gasteiger partial charge in [0.15, 0.2) is 12.2 Å². The number of phosphoric acid groups is 2. The molecule has 6 atom stereocenters. The second-order valence-corrected chi connectivity index (χ2v) is 32.9. The van der Waals surface area contributed by atoms with Gasteiger partial charge in [-0.3, -0.25) is 37.3 Å². The van der Waals surface area contributed by atoms with Crippen molar-refractivity contribution in [2.75, 3.05) is 39.6 Å². The van der Waals surface area contributed by atoms with Crippen LogP contribution in [-0.2, 0) is 65.4 Å². The molecule has 0 amide bonds. The molecule has 0 spiro atoms. The van der Waals surface area contributed by atoms with E-state index in [1.165, 1.54) is 218 Å². The van der Waals surface area contributed by atoms with E-state index in [0.29, 0.717) is 31.6 Å². The molecule has 3 unspecified atom stereocenters. The summed E-state index contributed by atoms with van der Waals surface area (Å²) in [5.41, 5.74) is 0. The van der Waals surface area contributed by atoms with Gasteiger partial charge in [-0.2, -0.15) is 0 Å². The van der Waals surface area contributed by atoms with E-state index in [9.17, 15) is 43.2 Å². The molecule has 0 heterocycles. The first kappa shape index (κ1) is 97.1. The van der Waals surface area contributed by atoms with Gasteiger partial charge in [-0.05, 0) is 43.4 Å². The van der Waals surface area contributed by atoms with E-state index in [4.69, 9.17) is 37.0 Å². The average Bonchev–Trinajstić information content (AvgIpc) is 1.93.